The Morgan fingerprint density at radius 1 is 0.885 bits per heavy atom. The fourth-order valence-electron chi connectivity index (χ4n) is 7.73. The third kappa shape index (κ3) is 6.00. The summed E-state index contributed by atoms with van der Waals surface area (Å²) in [5, 5.41) is 9.25. The lowest BCUT2D eigenvalue weighted by Crippen LogP contribution is -2.55. The van der Waals surface area contributed by atoms with Crippen molar-refractivity contribution in [3.05, 3.63) is 107 Å². The summed E-state index contributed by atoms with van der Waals surface area (Å²) in [6.45, 7) is 6.53. The number of rotatable bonds is 7. The predicted molar refractivity (Wildman–Crippen MR) is 188 cm³/mol. The van der Waals surface area contributed by atoms with Crippen molar-refractivity contribution in [3.8, 4) is 6.07 Å². The molecule has 0 N–H and O–H groups in total. The van der Waals surface area contributed by atoms with Crippen LogP contribution in [0.1, 0.15) is 47.8 Å². The van der Waals surface area contributed by atoms with Crippen molar-refractivity contribution in [2.24, 2.45) is 11.8 Å². The Labute approximate surface area is 303 Å². The van der Waals surface area contributed by atoms with Crippen LogP contribution in [0, 0.1) is 23.2 Å². The van der Waals surface area contributed by atoms with Gasteiger partial charge in [0.25, 0.3) is 16.1 Å². The average molecular weight is 725 g/mol. The molecule has 5 heterocycles. The molecule has 270 valence electrons. The molecule has 1 aliphatic carbocycles. The molecule has 52 heavy (non-hydrogen) atoms. The molecule has 14 nitrogen and oxygen atoms in total. The van der Waals surface area contributed by atoms with E-state index in [0.29, 0.717) is 28.1 Å². The summed E-state index contributed by atoms with van der Waals surface area (Å²) < 4.78 is 36.0. The van der Waals surface area contributed by atoms with E-state index >= 15 is 4.79 Å². The van der Waals surface area contributed by atoms with Crippen molar-refractivity contribution in [2.75, 3.05) is 46.3 Å². The maximum atomic E-state index is 15.1. The van der Waals surface area contributed by atoms with Crippen LogP contribution in [0.3, 0.4) is 0 Å². The lowest BCUT2D eigenvalue weighted by atomic mass is 9.82. The van der Waals surface area contributed by atoms with Crippen LogP contribution >= 0.6 is 0 Å². The van der Waals surface area contributed by atoms with E-state index in [4.69, 9.17) is 4.74 Å². The van der Waals surface area contributed by atoms with Crippen LogP contribution < -0.4 is 0 Å². The number of nitriles is 1. The van der Waals surface area contributed by atoms with Crippen LogP contribution in [0.25, 0.3) is 0 Å². The molecule has 4 fully saturated rings. The molecular weight excluding hydrogens is 685 g/mol. The number of ketones is 1. The highest BCUT2D eigenvalue weighted by Gasteiger charge is 2.68. The van der Waals surface area contributed by atoms with Gasteiger partial charge in [0.1, 0.15) is 11.4 Å². The Morgan fingerprint density at radius 2 is 1.42 bits per heavy atom. The van der Waals surface area contributed by atoms with Gasteiger partial charge in [-0.2, -0.15) is 22.3 Å². The molecule has 3 aliphatic heterocycles. The number of ether oxygens (including phenoxy) is 1. The minimum Gasteiger partial charge on any atom is -0.444 e. The SMILES string of the molecule is CN1C(=CC(=O)c2ccc(C#N)cc2)N([C@H]2[C@@H]3CN(S(=O)(=O)N4CCN(C(=O)OC(C)(C)C)CC4)C[C@@H]32)C(=O)C1(c1ccncc1)c1ccncc1. The molecule has 0 radical (unpaired) electrons. The van der Waals surface area contributed by atoms with Gasteiger partial charge in [0, 0.05) is 101 Å². The van der Waals surface area contributed by atoms with Gasteiger partial charge in [-0.15, -0.1) is 0 Å². The van der Waals surface area contributed by atoms with Crippen molar-refractivity contribution in [1.29, 1.82) is 5.26 Å². The summed E-state index contributed by atoms with van der Waals surface area (Å²) in [7, 11) is -2.05. The maximum Gasteiger partial charge on any atom is 0.410 e. The van der Waals surface area contributed by atoms with E-state index in [-0.39, 0.29) is 68.8 Å². The molecule has 3 aromatic rings. The summed E-state index contributed by atoms with van der Waals surface area (Å²) in [6.07, 6.45) is 7.47. The van der Waals surface area contributed by atoms with Crippen LogP contribution in [0.15, 0.2) is 85.2 Å². The van der Waals surface area contributed by atoms with Crippen LogP contribution in [-0.4, -0.2) is 117 Å². The van der Waals surface area contributed by atoms with Crippen molar-refractivity contribution in [1.82, 2.24) is 33.3 Å². The van der Waals surface area contributed by atoms with E-state index in [9.17, 15) is 23.3 Å². The highest BCUT2D eigenvalue weighted by atomic mass is 32.2. The maximum absolute atomic E-state index is 15.1. The highest BCUT2D eigenvalue weighted by molar-refractivity contribution is 7.86. The number of hydrogen-bond donors (Lipinski definition) is 0. The fourth-order valence-corrected chi connectivity index (χ4v) is 9.40. The molecule has 2 aromatic heterocycles. The molecule has 15 heteroatoms. The summed E-state index contributed by atoms with van der Waals surface area (Å²) in [5.74, 6) is -0.535. The van der Waals surface area contributed by atoms with Gasteiger partial charge >= 0.3 is 6.09 Å². The normalized spacial score (nSPS) is 24.1. The molecule has 0 unspecified atom stereocenters. The van der Waals surface area contributed by atoms with Gasteiger partial charge in [-0.05, 0) is 80.4 Å². The second kappa shape index (κ2) is 13.1. The Morgan fingerprint density at radius 3 is 1.92 bits per heavy atom. The van der Waals surface area contributed by atoms with Crippen molar-refractivity contribution in [3.63, 3.8) is 0 Å². The smallest absolute Gasteiger partial charge is 0.410 e. The second-order valence-corrected chi connectivity index (χ2v) is 16.4. The van der Waals surface area contributed by atoms with Gasteiger partial charge < -0.3 is 14.5 Å². The molecule has 7 rings (SSSR count). The molecule has 3 atom stereocenters. The largest absolute Gasteiger partial charge is 0.444 e. The molecule has 4 aliphatic rings. The number of hydrogen-bond acceptors (Lipinski definition) is 10. The van der Waals surface area contributed by atoms with Gasteiger partial charge in [-0.1, -0.05) is 0 Å². The number of carbonyl (C=O) groups excluding carboxylic acids is 3. The van der Waals surface area contributed by atoms with Crippen LogP contribution in [0.4, 0.5) is 4.79 Å². The van der Waals surface area contributed by atoms with Gasteiger partial charge in [-0.25, -0.2) is 4.79 Å². The number of piperazine rings is 1. The average Bonchev–Trinajstić information content (AvgIpc) is 3.49. The predicted octanol–water partition coefficient (Wildman–Crippen LogP) is 2.82. The fraction of sp³-hybridized carbons (Fsp3) is 0.405. The Balaban J connectivity index is 1.17. The number of aromatic nitrogens is 2. The van der Waals surface area contributed by atoms with Crippen molar-refractivity contribution in [2.45, 2.75) is 38.0 Å². The molecule has 1 aromatic carbocycles. The van der Waals surface area contributed by atoms with Gasteiger partial charge in [0.05, 0.1) is 11.6 Å². The summed E-state index contributed by atoms with van der Waals surface area (Å²) in [6, 6.07) is 15.1. The van der Waals surface area contributed by atoms with E-state index in [1.807, 2.05) is 4.90 Å². The third-order valence-electron chi connectivity index (χ3n) is 10.3. The highest BCUT2D eigenvalue weighted by Crippen LogP contribution is 2.56. The van der Waals surface area contributed by atoms with Gasteiger partial charge in [-0.3, -0.25) is 24.5 Å². The molecule has 0 spiro atoms. The molecule has 1 saturated carbocycles. The van der Waals surface area contributed by atoms with E-state index < -0.39 is 27.4 Å². The number of fused-ring (bicyclic) bond motifs is 1. The zero-order chi connectivity index (χ0) is 37.0. The number of carbonyl (C=O) groups is 3. The monoisotopic (exact) mass is 724 g/mol. The van der Waals surface area contributed by atoms with Gasteiger partial charge in [0.15, 0.2) is 11.3 Å². The van der Waals surface area contributed by atoms with E-state index in [1.54, 1.807) is 106 Å². The first-order chi connectivity index (χ1) is 24.8. The number of nitrogens with zero attached hydrogens (tertiary/aromatic N) is 8. The lowest BCUT2D eigenvalue weighted by Gasteiger charge is -2.37. The summed E-state index contributed by atoms with van der Waals surface area (Å²) in [4.78, 5) is 54.9. The molecule has 0 bridgehead atoms. The lowest BCUT2D eigenvalue weighted by molar-refractivity contribution is -0.132. The standard InChI is InChI=1S/C37H40N8O6S/c1-36(2,3)51-35(48)42-17-19-43(20-18-42)52(49,50)44-23-29-30(24-44)33(29)45-32(21-31(46)26-7-5-25(22-38)6-8-26)41(4)37(34(45)47,27-9-13-39-14-10-27)28-11-15-40-16-12-28/h5-16,21,29-30,33H,17-20,23-24H2,1-4H3/t29-,30+,33+. The number of pyridine rings is 2. The number of benzene rings is 1. The Hall–Kier alpha value is -5.17. The quantitative estimate of drug-likeness (QED) is 0.262. The Kier molecular flexibility index (Phi) is 8.88. The van der Waals surface area contributed by atoms with Crippen LogP contribution in [0.5, 0.6) is 0 Å². The molecular formula is C37H40N8O6S. The number of amides is 2. The first kappa shape index (κ1) is 35.2. The summed E-state index contributed by atoms with van der Waals surface area (Å²) in [5.41, 5.74) is 0.0727. The summed E-state index contributed by atoms with van der Waals surface area (Å²) >= 11 is 0. The number of likely N-dealkylation sites (N-methyl/N-ethyl adjacent to an activating group) is 1. The third-order valence-corrected chi connectivity index (χ3v) is 12.3. The zero-order valence-electron chi connectivity index (χ0n) is 29.4. The number of piperidine rings is 1. The molecule has 2 amide bonds. The van der Waals surface area contributed by atoms with E-state index in [2.05, 4.69) is 16.0 Å². The second-order valence-electron chi connectivity index (χ2n) is 14.5. The van der Waals surface area contributed by atoms with Crippen LogP contribution in [0.2, 0.25) is 0 Å². The Bertz CT molecular complexity index is 2000. The van der Waals surface area contributed by atoms with Gasteiger partial charge in [0.2, 0.25) is 0 Å². The molecule has 3 saturated heterocycles. The van der Waals surface area contributed by atoms with Crippen molar-refractivity contribution >= 4 is 28.0 Å². The van der Waals surface area contributed by atoms with E-state index in [1.165, 1.54) is 19.6 Å². The van der Waals surface area contributed by atoms with Crippen LogP contribution in [-0.2, 0) is 25.3 Å². The topological polar surface area (TPSA) is 160 Å². The first-order valence-corrected chi connectivity index (χ1v) is 18.5. The zero-order valence-corrected chi connectivity index (χ0v) is 30.2. The number of allylic oxidation sites excluding steroid dienone is 1. The minimum atomic E-state index is -3.83. The van der Waals surface area contributed by atoms with E-state index in [0.717, 1.165) is 0 Å². The first-order valence-electron chi connectivity index (χ1n) is 17.1. The minimum absolute atomic E-state index is 0.150. The van der Waals surface area contributed by atoms with Crippen molar-refractivity contribution < 1.29 is 27.5 Å².